The minimum Gasteiger partial charge on any atom is -0.392 e. The molecule has 2 aliphatic rings. The number of carbonyl (C=O) groups excluding carboxylic acids is 1. The fourth-order valence-electron chi connectivity index (χ4n) is 4.91. The van der Waals surface area contributed by atoms with E-state index in [-0.39, 0.29) is 17.9 Å². The number of aryl methyl sites for hydroxylation is 1. The maximum absolute atomic E-state index is 13.2. The molecule has 3 aromatic rings. The molecule has 152 valence electrons. The van der Waals surface area contributed by atoms with Crippen LogP contribution in [0.15, 0.2) is 60.8 Å². The average Bonchev–Trinajstić information content (AvgIpc) is 3.16. The summed E-state index contributed by atoms with van der Waals surface area (Å²) >= 11 is 0. The number of aromatic nitrogens is 2. The van der Waals surface area contributed by atoms with Crippen LogP contribution in [0.4, 0.5) is 0 Å². The van der Waals surface area contributed by atoms with Crippen LogP contribution in [-0.2, 0) is 18.4 Å². The number of hydrogen-bond donors (Lipinski definition) is 1. The Balaban J connectivity index is 1.44. The van der Waals surface area contributed by atoms with Gasteiger partial charge in [0.1, 0.15) is 0 Å². The fourth-order valence-corrected chi connectivity index (χ4v) is 4.91. The van der Waals surface area contributed by atoms with Gasteiger partial charge in [0.2, 0.25) is 0 Å². The molecule has 5 nitrogen and oxygen atoms in total. The number of carbonyl (C=O) groups is 1. The van der Waals surface area contributed by atoms with Crippen molar-refractivity contribution in [1.29, 1.82) is 0 Å². The lowest BCUT2D eigenvalue weighted by atomic mass is 9.77. The van der Waals surface area contributed by atoms with E-state index in [1.54, 1.807) is 0 Å². The van der Waals surface area contributed by atoms with Crippen molar-refractivity contribution in [1.82, 2.24) is 14.9 Å². The molecule has 1 unspecified atom stereocenters. The molecule has 30 heavy (non-hydrogen) atoms. The zero-order valence-corrected chi connectivity index (χ0v) is 16.9. The van der Waals surface area contributed by atoms with Gasteiger partial charge in [0.05, 0.1) is 12.3 Å². The van der Waals surface area contributed by atoms with Gasteiger partial charge in [-0.2, -0.15) is 0 Å². The van der Waals surface area contributed by atoms with Gasteiger partial charge in [-0.15, -0.1) is 0 Å². The standard InChI is InChI=1S/C25H25N3O2/c29-16-18-7-9-20(10-8-18)24(30)28-14-4-12-25(17-28)13-11-21-15-26-23(27-22(21)25)19-5-2-1-3-6-19/h1-3,5-10,15,29H,4,11-14,16-17H2. The summed E-state index contributed by atoms with van der Waals surface area (Å²) in [7, 11) is 0. The van der Waals surface area contributed by atoms with Crippen molar-refractivity contribution in [3.63, 3.8) is 0 Å². The van der Waals surface area contributed by atoms with E-state index < -0.39 is 0 Å². The largest absolute Gasteiger partial charge is 0.392 e. The molecule has 1 amide bonds. The Morgan fingerprint density at radius 3 is 2.63 bits per heavy atom. The number of amides is 1. The smallest absolute Gasteiger partial charge is 0.253 e. The van der Waals surface area contributed by atoms with E-state index in [0.29, 0.717) is 12.1 Å². The van der Waals surface area contributed by atoms with Crippen LogP contribution in [0.3, 0.4) is 0 Å². The molecule has 0 saturated carbocycles. The Hall–Kier alpha value is -3.05. The Morgan fingerprint density at radius 2 is 1.87 bits per heavy atom. The second-order valence-electron chi connectivity index (χ2n) is 8.40. The van der Waals surface area contributed by atoms with Crippen LogP contribution >= 0.6 is 0 Å². The number of fused-ring (bicyclic) bond motifs is 2. The number of hydrogen-bond acceptors (Lipinski definition) is 4. The van der Waals surface area contributed by atoms with Crippen molar-refractivity contribution >= 4 is 5.91 Å². The summed E-state index contributed by atoms with van der Waals surface area (Å²) in [5.41, 5.74) is 4.78. The second kappa shape index (κ2) is 7.65. The molecule has 1 N–H and O–H groups in total. The average molecular weight is 399 g/mol. The highest BCUT2D eigenvalue weighted by Gasteiger charge is 2.44. The number of nitrogens with zero attached hydrogens (tertiary/aromatic N) is 3. The van der Waals surface area contributed by atoms with Crippen LogP contribution in [-0.4, -0.2) is 39.0 Å². The van der Waals surface area contributed by atoms with Gasteiger partial charge in [-0.05, 0) is 48.9 Å². The predicted octanol–water partition coefficient (Wildman–Crippen LogP) is 3.76. The third-order valence-electron chi connectivity index (χ3n) is 6.52. The third-order valence-corrected chi connectivity index (χ3v) is 6.52. The maximum atomic E-state index is 13.2. The summed E-state index contributed by atoms with van der Waals surface area (Å²) in [5, 5.41) is 9.25. The summed E-state index contributed by atoms with van der Waals surface area (Å²) in [6, 6.07) is 17.3. The van der Waals surface area contributed by atoms with Gasteiger partial charge in [0.15, 0.2) is 5.82 Å². The highest BCUT2D eigenvalue weighted by Crippen LogP contribution is 2.44. The number of rotatable bonds is 3. The van der Waals surface area contributed by atoms with Gasteiger partial charge in [-0.25, -0.2) is 9.97 Å². The first-order chi connectivity index (χ1) is 14.7. The van der Waals surface area contributed by atoms with Gasteiger partial charge >= 0.3 is 0 Å². The lowest BCUT2D eigenvalue weighted by Gasteiger charge is -2.40. The van der Waals surface area contributed by atoms with Crippen LogP contribution in [0.25, 0.3) is 11.4 Å². The monoisotopic (exact) mass is 399 g/mol. The lowest BCUT2D eigenvalue weighted by molar-refractivity contribution is 0.0633. The Kier molecular flexibility index (Phi) is 4.83. The maximum Gasteiger partial charge on any atom is 0.253 e. The van der Waals surface area contributed by atoms with Crippen LogP contribution in [0.5, 0.6) is 0 Å². The Morgan fingerprint density at radius 1 is 1.07 bits per heavy atom. The zero-order valence-electron chi connectivity index (χ0n) is 16.9. The van der Waals surface area contributed by atoms with E-state index in [9.17, 15) is 9.90 Å². The molecule has 1 spiro atoms. The third kappa shape index (κ3) is 3.29. The summed E-state index contributed by atoms with van der Waals surface area (Å²) in [5.74, 6) is 0.822. The van der Waals surface area contributed by atoms with Crippen LogP contribution in [0.1, 0.15) is 46.4 Å². The van der Waals surface area contributed by atoms with Gasteiger partial charge in [0, 0.05) is 35.8 Å². The molecule has 5 rings (SSSR count). The molecule has 0 bridgehead atoms. The zero-order chi connectivity index (χ0) is 20.6. The topological polar surface area (TPSA) is 66.3 Å². The SMILES string of the molecule is O=C(c1ccc(CO)cc1)N1CCCC2(CCc3cnc(-c4ccccc4)nc32)C1. The van der Waals surface area contributed by atoms with Crippen molar-refractivity contribution in [2.75, 3.05) is 13.1 Å². The van der Waals surface area contributed by atoms with E-state index in [4.69, 9.17) is 4.98 Å². The van der Waals surface area contributed by atoms with E-state index >= 15 is 0 Å². The molecule has 2 heterocycles. The molecule has 1 saturated heterocycles. The van der Waals surface area contributed by atoms with Crippen LogP contribution < -0.4 is 0 Å². The van der Waals surface area contributed by atoms with Crippen LogP contribution in [0.2, 0.25) is 0 Å². The van der Waals surface area contributed by atoms with Crippen LogP contribution in [0, 0.1) is 0 Å². The van der Waals surface area contributed by atoms with Gasteiger partial charge in [-0.1, -0.05) is 42.5 Å². The molecule has 5 heteroatoms. The van der Waals surface area contributed by atoms with Gasteiger partial charge in [0.25, 0.3) is 5.91 Å². The van der Waals surface area contributed by atoms with Crippen molar-refractivity contribution in [3.05, 3.63) is 83.2 Å². The number of aliphatic hydroxyl groups is 1. The minimum absolute atomic E-state index is 0.0124. The van der Waals surface area contributed by atoms with Gasteiger partial charge in [-0.3, -0.25) is 4.79 Å². The van der Waals surface area contributed by atoms with E-state index in [0.717, 1.165) is 54.9 Å². The van der Waals surface area contributed by atoms with Crippen molar-refractivity contribution in [2.45, 2.75) is 37.7 Å². The molecule has 2 aromatic carbocycles. The molecule has 1 aliphatic carbocycles. The number of piperidine rings is 1. The summed E-state index contributed by atoms with van der Waals surface area (Å²) in [4.78, 5) is 24.8. The quantitative estimate of drug-likeness (QED) is 0.728. The molecule has 1 atom stereocenters. The molecular weight excluding hydrogens is 374 g/mol. The first-order valence-electron chi connectivity index (χ1n) is 10.6. The Bertz CT molecular complexity index is 1060. The highest BCUT2D eigenvalue weighted by atomic mass is 16.3. The fraction of sp³-hybridized carbons (Fsp3) is 0.320. The number of aliphatic hydroxyl groups excluding tert-OH is 1. The summed E-state index contributed by atoms with van der Waals surface area (Å²) in [6.07, 6.45) is 6.00. The molecular formula is C25H25N3O2. The number of likely N-dealkylation sites (tertiary alicyclic amines) is 1. The number of benzene rings is 2. The first kappa shape index (κ1) is 18.9. The molecule has 0 radical (unpaired) electrons. The van der Waals surface area contributed by atoms with Crippen molar-refractivity contribution < 1.29 is 9.90 Å². The molecule has 1 aromatic heterocycles. The highest BCUT2D eigenvalue weighted by molar-refractivity contribution is 5.94. The normalized spacial score (nSPS) is 20.4. The van der Waals surface area contributed by atoms with E-state index in [2.05, 4.69) is 4.98 Å². The van der Waals surface area contributed by atoms with E-state index in [1.807, 2.05) is 65.7 Å². The summed E-state index contributed by atoms with van der Waals surface area (Å²) in [6.45, 7) is 1.46. The predicted molar refractivity (Wildman–Crippen MR) is 115 cm³/mol. The molecule has 1 fully saturated rings. The Labute approximate surface area is 176 Å². The molecule has 1 aliphatic heterocycles. The second-order valence-corrected chi connectivity index (χ2v) is 8.40. The van der Waals surface area contributed by atoms with Crippen molar-refractivity contribution in [3.8, 4) is 11.4 Å². The van der Waals surface area contributed by atoms with Gasteiger partial charge < -0.3 is 10.0 Å². The summed E-state index contributed by atoms with van der Waals surface area (Å²) < 4.78 is 0. The lowest BCUT2D eigenvalue weighted by Crippen LogP contribution is -2.48. The first-order valence-corrected chi connectivity index (χ1v) is 10.6. The van der Waals surface area contributed by atoms with E-state index in [1.165, 1.54) is 5.56 Å². The van der Waals surface area contributed by atoms with Crippen molar-refractivity contribution in [2.24, 2.45) is 0 Å². The minimum atomic E-state index is -0.0826.